The molecule has 0 aliphatic carbocycles. The van der Waals surface area contributed by atoms with Crippen molar-refractivity contribution in [2.75, 3.05) is 56.2 Å². The molecule has 4 rings (SSSR count). The lowest BCUT2D eigenvalue weighted by Gasteiger charge is -2.34. The average molecular weight is 415 g/mol. The Kier molecular flexibility index (Phi) is 7.03. The van der Waals surface area contributed by atoms with E-state index in [1.807, 2.05) is 18.2 Å². The fourth-order valence-corrected chi connectivity index (χ4v) is 4.99. The van der Waals surface area contributed by atoms with E-state index in [4.69, 9.17) is 4.74 Å². The highest BCUT2D eigenvalue weighted by Gasteiger charge is 2.24. The van der Waals surface area contributed by atoms with Crippen LogP contribution < -0.4 is 15.5 Å². The molecule has 1 aromatic carbocycles. The molecule has 2 aromatic rings. The van der Waals surface area contributed by atoms with Crippen molar-refractivity contribution in [3.63, 3.8) is 0 Å². The van der Waals surface area contributed by atoms with Gasteiger partial charge in [-0.05, 0) is 42.8 Å². The van der Waals surface area contributed by atoms with Gasteiger partial charge in [0.25, 0.3) is 0 Å². The predicted octanol–water partition coefficient (Wildman–Crippen LogP) is 3.93. The minimum atomic E-state index is -0.149. The molecule has 0 bridgehead atoms. The van der Waals surface area contributed by atoms with Crippen molar-refractivity contribution < 1.29 is 9.53 Å². The van der Waals surface area contributed by atoms with Crippen molar-refractivity contribution in [3.05, 3.63) is 46.7 Å². The zero-order valence-electron chi connectivity index (χ0n) is 16.8. The second-order valence-electron chi connectivity index (χ2n) is 7.58. The van der Waals surface area contributed by atoms with Gasteiger partial charge in [0, 0.05) is 37.6 Å². The van der Waals surface area contributed by atoms with E-state index in [0.717, 1.165) is 50.8 Å². The Morgan fingerprint density at radius 3 is 2.59 bits per heavy atom. The molecule has 2 aliphatic rings. The topological polar surface area (TPSA) is 56.8 Å². The summed E-state index contributed by atoms with van der Waals surface area (Å²) in [6, 6.07) is 12.4. The van der Waals surface area contributed by atoms with E-state index < -0.39 is 0 Å². The number of hydrogen-bond donors (Lipinski definition) is 2. The number of rotatable bonds is 6. The van der Waals surface area contributed by atoms with Gasteiger partial charge in [-0.15, -0.1) is 11.3 Å². The number of amides is 2. The van der Waals surface area contributed by atoms with Crippen LogP contribution in [-0.4, -0.2) is 56.9 Å². The van der Waals surface area contributed by atoms with Crippen molar-refractivity contribution in [2.24, 2.45) is 0 Å². The lowest BCUT2D eigenvalue weighted by Crippen LogP contribution is -2.44. The van der Waals surface area contributed by atoms with Crippen LogP contribution in [0.25, 0.3) is 0 Å². The number of benzene rings is 1. The average Bonchev–Trinajstić information content (AvgIpc) is 3.30. The van der Waals surface area contributed by atoms with E-state index in [0.29, 0.717) is 6.54 Å². The van der Waals surface area contributed by atoms with Crippen LogP contribution >= 0.6 is 11.3 Å². The van der Waals surface area contributed by atoms with Gasteiger partial charge >= 0.3 is 6.03 Å². The third kappa shape index (κ3) is 5.29. The number of carbonyl (C=O) groups is 1. The maximum Gasteiger partial charge on any atom is 0.319 e. The largest absolute Gasteiger partial charge is 0.379 e. The van der Waals surface area contributed by atoms with Crippen LogP contribution in [0.2, 0.25) is 0 Å². The Morgan fingerprint density at radius 2 is 1.83 bits per heavy atom. The molecule has 29 heavy (non-hydrogen) atoms. The summed E-state index contributed by atoms with van der Waals surface area (Å²) in [6.45, 7) is 5.97. The Bertz CT molecular complexity index is 771. The zero-order chi connectivity index (χ0) is 19.9. The molecule has 0 radical (unpaired) electrons. The van der Waals surface area contributed by atoms with Crippen LogP contribution in [0.15, 0.2) is 41.8 Å². The Morgan fingerprint density at radius 1 is 1.03 bits per heavy atom. The summed E-state index contributed by atoms with van der Waals surface area (Å²) < 4.78 is 5.50. The predicted molar refractivity (Wildman–Crippen MR) is 119 cm³/mol. The van der Waals surface area contributed by atoms with E-state index in [2.05, 4.69) is 44.0 Å². The van der Waals surface area contributed by atoms with Crippen LogP contribution in [0.4, 0.5) is 16.2 Å². The van der Waals surface area contributed by atoms with Crippen molar-refractivity contribution in [2.45, 2.75) is 25.3 Å². The molecular weight excluding hydrogens is 384 g/mol. The first kappa shape index (κ1) is 20.2. The van der Waals surface area contributed by atoms with Gasteiger partial charge in [0.2, 0.25) is 0 Å². The minimum absolute atomic E-state index is 0.149. The minimum Gasteiger partial charge on any atom is -0.379 e. The molecule has 2 fully saturated rings. The summed E-state index contributed by atoms with van der Waals surface area (Å²) in [5.41, 5.74) is 2.00. The molecule has 7 heteroatoms. The SMILES string of the molecule is O=C(NCC(c1cccs1)N1CCOCC1)Nc1ccccc1N1CCCCC1. The van der Waals surface area contributed by atoms with E-state index in [-0.39, 0.29) is 12.1 Å². The van der Waals surface area contributed by atoms with Crippen molar-refractivity contribution in [1.82, 2.24) is 10.2 Å². The second-order valence-corrected chi connectivity index (χ2v) is 8.56. The fraction of sp³-hybridized carbons (Fsp3) is 0.500. The van der Waals surface area contributed by atoms with Crippen LogP contribution in [0, 0.1) is 0 Å². The molecule has 0 saturated carbocycles. The molecule has 156 valence electrons. The lowest BCUT2D eigenvalue weighted by atomic mass is 10.1. The van der Waals surface area contributed by atoms with Gasteiger partial charge in [-0.3, -0.25) is 4.90 Å². The first-order valence-corrected chi connectivity index (χ1v) is 11.4. The monoisotopic (exact) mass is 414 g/mol. The van der Waals surface area contributed by atoms with Crippen LogP contribution in [0.1, 0.15) is 30.2 Å². The summed E-state index contributed by atoms with van der Waals surface area (Å²) in [4.78, 5) is 18.8. The number of nitrogens with one attached hydrogen (secondary N) is 2. The number of anilines is 2. The maximum absolute atomic E-state index is 12.7. The number of piperidine rings is 1. The van der Waals surface area contributed by atoms with Gasteiger partial charge < -0.3 is 20.3 Å². The summed E-state index contributed by atoms with van der Waals surface area (Å²) in [7, 11) is 0. The number of nitrogens with zero attached hydrogens (tertiary/aromatic N) is 2. The van der Waals surface area contributed by atoms with Gasteiger partial charge in [0.1, 0.15) is 0 Å². The van der Waals surface area contributed by atoms with E-state index in [1.54, 1.807) is 11.3 Å². The van der Waals surface area contributed by atoms with Gasteiger partial charge in [-0.2, -0.15) is 0 Å². The molecule has 2 N–H and O–H groups in total. The molecule has 2 saturated heterocycles. The number of morpholine rings is 1. The quantitative estimate of drug-likeness (QED) is 0.752. The number of urea groups is 1. The Hall–Kier alpha value is -2.09. The zero-order valence-corrected chi connectivity index (χ0v) is 17.6. The molecule has 2 aliphatic heterocycles. The lowest BCUT2D eigenvalue weighted by molar-refractivity contribution is 0.0175. The van der Waals surface area contributed by atoms with Crippen LogP contribution in [0.5, 0.6) is 0 Å². The number of hydrogen-bond acceptors (Lipinski definition) is 5. The smallest absolute Gasteiger partial charge is 0.319 e. The maximum atomic E-state index is 12.7. The van der Waals surface area contributed by atoms with Crippen molar-refractivity contribution in [3.8, 4) is 0 Å². The first-order chi connectivity index (χ1) is 14.3. The van der Waals surface area contributed by atoms with Crippen LogP contribution in [0.3, 0.4) is 0 Å². The van der Waals surface area contributed by atoms with Gasteiger partial charge in [-0.1, -0.05) is 18.2 Å². The van der Waals surface area contributed by atoms with Gasteiger partial charge in [0.05, 0.1) is 30.6 Å². The van der Waals surface area contributed by atoms with E-state index in [1.165, 1.54) is 24.1 Å². The Balaban J connectivity index is 1.39. The molecule has 1 aromatic heterocycles. The first-order valence-electron chi connectivity index (χ1n) is 10.6. The number of carbonyl (C=O) groups excluding carboxylic acids is 1. The number of para-hydroxylation sites is 2. The summed E-state index contributed by atoms with van der Waals surface area (Å²) >= 11 is 1.74. The highest BCUT2D eigenvalue weighted by Crippen LogP contribution is 2.29. The molecule has 2 amide bonds. The third-order valence-electron chi connectivity index (χ3n) is 5.66. The fourth-order valence-electron chi connectivity index (χ4n) is 4.13. The molecule has 1 unspecified atom stereocenters. The van der Waals surface area contributed by atoms with Crippen molar-refractivity contribution in [1.29, 1.82) is 0 Å². The molecule has 6 nitrogen and oxygen atoms in total. The normalized spacial score (nSPS) is 19.0. The third-order valence-corrected chi connectivity index (χ3v) is 6.64. The molecule has 3 heterocycles. The van der Waals surface area contributed by atoms with E-state index >= 15 is 0 Å². The number of ether oxygens (including phenoxy) is 1. The Labute approximate surface area is 176 Å². The summed E-state index contributed by atoms with van der Waals surface area (Å²) in [5, 5.41) is 8.28. The highest BCUT2D eigenvalue weighted by molar-refractivity contribution is 7.10. The van der Waals surface area contributed by atoms with E-state index in [9.17, 15) is 4.79 Å². The molecular formula is C22H30N4O2S. The highest BCUT2D eigenvalue weighted by atomic mass is 32.1. The number of thiophene rings is 1. The van der Waals surface area contributed by atoms with Gasteiger partial charge in [0.15, 0.2) is 0 Å². The molecule has 0 spiro atoms. The molecule has 1 atom stereocenters. The van der Waals surface area contributed by atoms with Crippen LogP contribution in [-0.2, 0) is 4.74 Å². The van der Waals surface area contributed by atoms with Crippen molar-refractivity contribution >= 4 is 28.7 Å². The van der Waals surface area contributed by atoms with Gasteiger partial charge in [-0.25, -0.2) is 4.79 Å². The summed E-state index contributed by atoms with van der Waals surface area (Å²) in [6.07, 6.45) is 3.71. The standard InChI is InChI=1S/C22H30N4O2S/c27-22(24-18-7-2-3-8-19(18)25-10-4-1-5-11-25)23-17-20(21-9-6-16-29-21)26-12-14-28-15-13-26/h2-3,6-9,16,20H,1,4-5,10-15,17H2,(H2,23,24,27). The summed E-state index contributed by atoms with van der Waals surface area (Å²) in [5.74, 6) is 0. The second kappa shape index (κ2) is 10.1.